The van der Waals surface area contributed by atoms with Gasteiger partial charge in [0, 0.05) is 6.42 Å². The third-order valence-corrected chi connectivity index (χ3v) is 3.04. The van der Waals surface area contributed by atoms with Crippen LogP contribution in [0.4, 0.5) is 0 Å². The third kappa shape index (κ3) is 3.11. The second kappa shape index (κ2) is 5.23. The van der Waals surface area contributed by atoms with Crippen molar-refractivity contribution in [3.05, 3.63) is 65.7 Å². The number of rotatable bonds is 5. The van der Waals surface area contributed by atoms with Gasteiger partial charge in [-0.3, -0.25) is 0 Å². The molecule has 1 heterocycles. The molecule has 0 radical (unpaired) electrons. The first-order valence-corrected chi connectivity index (χ1v) is 6.27. The highest BCUT2D eigenvalue weighted by molar-refractivity contribution is 5.28. The van der Waals surface area contributed by atoms with Crippen LogP contribution in [-0.2, 0) is 17.8 Å². The fourth-order valence-electron chi connectivity index (χ4n) is 1.91. The Hall–Kier alpha value is -1.80. The minimum absolute atomic E-state index is 0.445. The topological polar surface area (TPSA) is 21.8 Å². The Kier molecular flexibility index (Phi) is 3.29. The summed E-state index contributed by atoms with van der Waals surface area (Å²) in [5.74, 6) is 0.916. The van der Waals surface area contributed by atoms with Crippen molar-refractivity contribution in [1.29, 1.82) is 0 Å². The van der Waals surface area contributed by atoms with Crippen LogP contribution in [-0.4, -0.2) is 12.7 Å². The van der Waals surface area contributed by atoms with Crippen molar-refractivity contribution in [1.82, 2.24) is 0 Å². The van der Waals surface area contributed by atoms with E-state index in [0.717, 1.165) is 18.8 Å². The average Bonchev–Trinajstić information content (AvgIpc) is 3.23. The van der Waals surface area contributed by atoms with Crippen LogP contribution in [0.5, 0.6) is 5.75 Å². The van der Waals surface area contributed by atoms with E-state index in [9.17, 15) is 0 Å². The number of ether oxygens (including phenoxy) is 2. The predicted octanol–water partition coefficient (Wildman–Crippen LogP) is 3.21. The van der Waals surface area contributed by atoms with Crippen molar-refractivity contribution in [3.8, 4) is 5.75 Å². The molecule has 0 unspecified atom stereocenters. The number of benzene rings is 2. The van der Waals surface area contributed by atoms with Crippen LogP contribution in [0, 0.1) is 0 Å². The van der Waals surface area contributed by atoms with Crippen LogP contribution in [0.25, 0.3) is 0 Å². The Labute approximate surface area is 107 Å². The highest BCUT2D eigenvalue weighted by Crippen LogP contribution is 2.19. The minimum Gasteiger partial charge on any atom is -0.489 e. The molecule has 1 saturated heterocycles. The van der Waals surface area contributed by atoms with Crippen molar-refractivity contribution in [2.24, 2.45) is 0 Å². The van der Waals surface area contributed by atoms with E-state index in [-0.39, 0.29) is 0 Å². The summed E-state index contributed by atoms with van der Waals surface area (Å²) in [6.07, 6.45) is 1.46. The summed E-state index contributed by atoms with van der Waals surface area (Å²) < 4.78 is 11.0. The zero-order valence-electron chi connectivity index (χ0n) is 10.2. The molecule has 0 aromatic heterocycles. The van der Waals surface area contributed by atoms with E-state index < -0.39 is 0 Å². The van der Waals surface area contributed by atoms with Crippen molar-refractivity contribution in [3.63, 3.8) is 0 Å². The summed E-state index contributed by atoms with van der Waals surface area (Å²) in [6.45, 7) is 1.53. The normalized spacial score (nSPS) is 17.4. The van der Waals surface area contributed by atoms with Crippen LogP contribution in [0.15, 0.2) is 54.6 Å². The zero-order valence-corrected chi connectivity index (χ0v) is 10.2. The number of hydrogen-bond donors (Lipinski definition) is 0. The summed E-state index contributed by atoms with van der Waals surface area (Å²) >= 11 is 0. The monoisotopic (exact) mass is 240 g/mol. The molecule has 1 aliphatic rings. The molecule has 0 amide bonds. The first kappa shape index (κ1) is 11.3. The van der Waals surface area contributed by atoms with Crippen LogP contribution >= 0.6 is 0 Å². The Morgan fingerprint density at radius 3 is 2.33 bits per heavy atom. The van der Waals surface area contributed by atoms with Gasteiger partial charge in [0.05, 0.1) is 12.7 Å². The Morgan fingerprint density at radius 2 is 1.67 bits per heavy atom. The van der Waals surface area contributed by atoms with Gasteiger partial charge in [-0.1, -0.05) is 42.5 Å². The first-order chi connectivity index (χ1) is 8.90. The van der Waals surface area contributed by atoms with E-state index >= 15 is 0 Å². The Bertz CT molecular complexity index is 486. The van der Waals surface area contributed by atoms with Gasteiger partial charge < -0.3 is 9.47 Å². The zero-order chi connectivity index (χ0) is 12.2. The Morgan fingerprint density at radius 1 is 0.944 bits per heavy atom. The fraction of sp³-hybridized carbons (Fsp3) is 0.250. The van der Waals surface area contributed by atoms with Gasteiger partial charge in [-0.15, -0.1) is 0 Å². The van der Waals surface area contributed by atoms with Crippen LogP contribution in [0.1, 0.15) is 11.1 Å². The van der Waals surface area contributed by atoms with Crippen molar-refractivity contribution >= 4 is 0 Å². The van der Waals surface area contributed by atoms with E-state index in [0.29, 0.717) is 12.7 Å². The van der Waals surface area contributed by atoms with Gasteiger partial charge in [0.2, 0.25) is 0 Å². The Balaban J connectivity index is 1.56. The second-order valence-electron chi connectivity index (χ2n) is 4.58. The molecule has 2 heteroatoms. The third-order valence-electron chi connectivity index (χ3n) is 3.04. The van der Waals surface area contributed by atoms with E-state index in [1.165, 1.54) is 11.1 Å². The van der Waals surface area contributed by atoms with Crippen molar-refractivity contribution in [2.75, 3.05) is 6.61 Å². The van der Waals surface area contributed by atoms with Gasteiger partial charge >= 0.3 is 0 Å². The summed E-state index contributed by atoms with van der Waals surface area (Å²) in [6, 6.07) is 18.5. The molecule has 0 N–H and O–H groups in total. The molecular weight excluding hydrogens is 224 g/mol. The SMILES string of the molecule is c1ccc(COc2ccc(C[C@H]3CO3)cc2)cc1. The van der Waals surface area contributed by atoms with Gasteiger partial charge in [-0.2, -0.15) is 0 Å². The molecule has 1 aliphatic heterocycles. The molecule has 0 aliphatic carbocycles. The standard InChI is InChI=1S/C16H16O2/c1-2-4-14(5-3-1)11-17-15-8-6-13(7-9-15)10-16-12-18-16/h1-9,16H,10-12H2/t16-/m0/s1. The van der Waals surface area contributed by atoms with Crippen LogP contribution in [0.2, 0.25) is 0 Å². The summed E-state index contributed by atoms with van der Waals surface area (Å²) in [7, 11) is 0. The van der Waals surface area contributed by atoms with E-state index in [2.05, 4.69) is 24.3 Å². The molecule has 1 atom stereocenters. The molecule has 2 nitrogen and oxygen atoms in total. The highest BCUT2D eigenvalue weighted by Gasteiger charge is 2.22. The second-order valence-corrected chi connectivity index (χ2v) is 4.58. The number of hydrogen-bond acceptors (Lipinski definition) is 2. The first-order valence-electron chi connectivity index (χ1n) is 6.27. The average molecular weight is 240 g/mol. The molecule has 0 saturated carbocycles. The maximum absolute atomic E-state index is 5.74. The van der Waals surface area contributed by atoms with Gasteiger partial charge in [-0.05, 0) is 23.3 Å². The summed E-state index contributed by atoms with van der Waals surface area (Å²) in [5.41, 5.74) is 2.50. The lowest BCUT2D eigenvalue weighted by molar-refractivity contribution is 0.306. The molecule has 2 aromatic rings. The summed E-state index contributed by atoms with van der Waals surface area (Å²) in [5, 5.41) is 0. The maximum Gasteiger partial charge on any atom is 0.119 e. The lowest BCUT2D eigenvalue weighted by Gasteiger charge is -2.07. The molecule has 2 aromatic carbocycles. The molecule has 0 spiro atoms. The lowest BCUT2D eigenvalue weighted by atomic mass is 10.1. The van der Waals surface area contributed by atoms with Crippen molar-refractivity contribution < 1.29 is 9.47 Å². The van der Waals surface area contributed by atoms with Gasteiger partial charge in [0.15, 0.2) is 0 Å². The van der Waals surface area contributed by atoms with Gasteiger partial charge in [0.25, 0.3) is 0 Å². The molecule has 1 fully saturated rings. The molecule has 0 bridgehead atoms. The maximum atomic E-state index is 5.74. The number of epoxide rings is 1. The predicted molar refractivity (Wildman–Crippen MR) is 70.7 cm³/mol. The quantitative estimate of drug-likeness (QED) is 0.748. The van der Waals surface area contributed by atoms with E-state index in [1.54, 1.807) is 0 Å². The minimum atomic E-state index is 0.445. The smallest absolute Gasteiger partial charge is 0.119 e. The van der Waals surface area contributed by atoms with Gasteiger partial charge in [0.1, 0.15) is 12.4 Å². The fourth-order valence-corrected chi connectivity index (χ4v) is 1.91. The molecule has 92 valence electrons. The molecule has 18 heavy (non-hydrogen) atoms. The lowest BCUT2D eigenvalue weighted by Crippen LogP contribution is -1.96. The van der Waals surface area contributed by atoms with E-state index in [4.69, 9.17) is 9.47 Å². The van der Waals surface area contributed by atoms with E-state index in [1.807, 2.05) is 30.3 Å². The highest BCUT2D eigenvalue weighted by atomic mass is 16.6. The van der Waals surface area contributed by atoms with Crippen LogP contribution < -0.4 is 4.74 Å². The largest absolute Gasteiger partial charge is 0.489 e. The van der Waals surface area contributed by atoms with Gasteiger partial charge in [-0.25, -0.2) is 0 Å². The molecule has 3 rings (SSSR count). The summed E-state index contributed by atoms with van der Waals surface area (Å²) in [4.78, 5) is 0. The van der Waals surface area contributed by atoms with Crippen molar-refractivity contribution in [2.45, 2.75) is 19.1 Å². The molecular formula is C16H16O2. The van der Waals surface area contributed by atoms with Crippen LogP contribution in [0.3, 0.4) is 0 Å².